The average Bonchev–Trinajstić information content (AvgIpc) is 2.52. The summed E-state index contributed by atoms with van der Waals surface area (Å²) in [4.78, 5) is 12.5. The molecular weight excluding hydrogens is 186 g/mol. The van der Waals surface area contributed by atoms with Crippen LogP contribution in [-0.4, -0.2) is 26.2 Å². The van der Waals surface area contributed by atoms with Gasteiger partial charge in [-0.05, 0) is 13.0 Å². The van der Waals surface area contributed by atoms with Gasteiger partial charge in [0.25, 0.3) is 5.91 Å². The summed E-state index contributed by atoms with van der Waals surface area (Å²) in [6.07, 6.45) is 0. The third-order valence-corrected chi connectivity index (χ3v) is 2.45. The molecule has 1 aromatic rings. The molecule has 1 N–H and O–H groups in total. The van der Waals surface area contributed by atoms with Crippen LogP contribution in [0.1, 0.15) is 15.2 Å². The molecule has 0 bridgehead atoms. The lowest BCUT2D eigenvalue weighted by Crippen LogP contribution is -2.26. The summed E-state index contributed by atoms with van der Waals surface area (Å²) < 4.78 is 4.82. The predicted molar refractivity (Wildman–Crippen MR) is 53.3 cm³/mol. The third-order valence-electron chi connectivity index (χ3n) is 1.58. The molecule has 0 radical (unpaired) electrons. The van der Waals surface area contributed by atoms with E-state index >= 15 is 0 Å². The molecule has 0 unspecified atom stereocenters. The van der Waals surface area contributed by atoms with Crippen molar-refractivity contribution >= 4 is 17.2 Å². The first kappa shape index (κ1) is 10.2. The lowest BCUT2D eigenvalue weighted by atomic mass is 10.3. The number of methoxy groups -OCH3 is 1. The summed E-state index contributed by atoms with van der Waals surface area (Å²) in [5.74, 6) is -0.0265. The summed E-state index contributed by atoms with van der Waals surface area (Å²) in [5.41, 5.74) is 0.735. The van der Waals surface area contributed by atoms with Gasteiger partial charge in [0.1, 0.15) is 0 Å². The Hall–Kier alpha value is -0.870. The topological polar surface area (TPSA) is 38.3 Å². The molecule has 1 rings (SSSR count). The van der Waals surface area contributed by atoms with E-state index in [0.717, 1.165) is 10.4 Å². The van der Waals surface area contributed by atoms with Gasteiger partial charge in [-0.15, -0.1) is 11.3 Å². The first-order valence-electron chi connectivity index (χ1n) is 4.06. The molecule has 0 aliphatic carbocycles. The molecule has 0 aliphatic rings. The van der Waals surface area contributed by atoms with Gasteiger partial charge in [-0.3, -0.25) is 4.79 Å². The molecule has 3 nitrogen and oxygen atoms in total. The maximum atomic E-state index is 11.4. The second-order valence-corrected chi connectivity index (χ2v) is 3.81. The zero-order chi connectivity index (χ0) is 9.68. The molecule has 0 atom stereocenters. The second kappa shape index (κ2) is 4.99. The van der Waals surface area contributed by atoms with Crippen molar-refractivity contribution in [2.24, 2.45) is 0 Å². The Bertz CT molecular complexity index is 283. The van der Waals surface area contributed by atoms with Crippen molar-refractivity contribution in [3.63, 3.8) is 0 Å². The molecule has 0 fully saturated rings. The Balaban J connectivity index is 2.40. The molecule has 72 valence electrons. The van der Waals surface area contributed by atoms with E-state index in [1.807, 2.05) is 18.4 Å². The van der Waals surface area contributed by atoms with Gasteiger partial charge in [-0.25, -0.2) is 0 Å². The van der Waals surface area contributed by atoms with Crippen LogP contribution in [-0.2, 0) is 4.74 Å². The van der Waals surface area contributed by atoms with Crippen LogP contribution < -0.4 is 5.32 Å². The van der Waals surface area contributed by atoms with Crippen molar-refractivity contribution in [1.82, 2.24) is 5.32 Å². The van der Waals surface area contributed by atoms with Crippen LogP contribution in [0.25, 0.3) is 0 Å². The van der Waals surface area contributed by atoms with E-state index in [1.165, 1.54) is 0 Å². The minimum absolute atomic E-state index is 0.0265. The fourth-order valence-electron chi connectivity index (χ4n) is 0.931. The van der Waals surface area contributed by atoms with Crippen LogP contribution in [0, 0.1) is 6.92 Å². The molecule has 0 aromatic carbocycles. The van der Waals surface area contributed by atoms with Crippen molar-refractivity contribution in [1.29, 1.82) is 0 Å². The van der Waals surface area contributed by atoms with E-state index < -0.39 is 0 Å². The van der Waals surface area contributed by atoms with E-state index in [-0.39, 0.29) is 5.91 Å². The largest absolute Gasteiger partial charge is 0.383 e. The predicted octanol–water partition coefficient (Wildman–Crippen LogP) is 1.43. The standard InChI is InChI=1S/C9H13NO2S/c1-7-5-8(6-13-7)9(11)10-3-4-12-2/h5-6H,3-4H2,1-2H3,(H,10,11). The van der Waals surface area contributed by atoms with Crippen molar-refractivity contribution in [2.45, 2.75) is 6.92 Å². The minimum Gasteiger partial charge on any atom is -0.383 e. The summed E-state index contributed by atoms with van der Waals surface area (Å²) in [5, 5.41) is 4.61. The summed E-state index contributed by atoms with van der Waals surface area (Å²) in [6, 6.07) is 1.88. The number of carbonyl (C=O) groups excluding carboxylic acids is 1. The van der Waals surface area contributed by atoms with E-state index in [0.29, 0.717) is 13.2 Å². The quantitative estimate of drug-likeness (QED) is 0.745. The number of thiophene rings is 1. The maximum absolute atomic E-state index is 11.4. The van der Waals surface area contributed by atoms with Gasteiger partial charge in [0, 0.05) is 23.9 Å². The number of aryl methyl sites for hydroxylation is 1. The van der Waals surface area contributed by atoms with Crippen molar-refractivity contribution in [3.05, 3.63) is 21.9 Å². The van der Waals surface area contributed by atoms with Crippen molar-refractivity contribution in [2.75, 3.05) is 20.3 Å². The van der Waals surface area contributed by atoms with Crippen LogP contribution in [0.15, 0.2) is 11.4 Å². The zero-order valence-corrected chi connectivity index (χ0v) is 8.61. The fourth-order valence-corrected chi connectivity index (χ4v) is 1.61. The van der Waals surface area contributed by atoms with Crippen LogP contribution >= 0.6 is 11.3 Å². The highest BCUT2D eigenvalue weighted by molar-refractivity contribution is 7.10. The molecule has 1 heterocycles. The zero-order valence-electron chi connectivity index (χ0n) is 7.79. The van der Waals surface area contributed by atoms with Crippen LogP contribution in [0.2, 0.25) is 0 Å². The number of ether oxygens (including phenoxy) is 1. The first-order chi connectivity index (χ1) is 6.24. The normalized spacial score (nSPS) is 10.0. The number of nitrogens with one attached hydrogen (secondary N) is 1. The van der Waals surface area contributed by atoms with Crippen LogP contribution in [0.4, 0.5) is 0 Å². The average molecular weight is 199 g/mol. The Labute approximate surface area is 81.7 Å². The smallest absolute Gasteiger partial charge is 0.252 e. The molecule has 0 saturated carbocycles. The van der Waals surface area contributed by atoms with Crippen LogP contribution in [0.5, 0.6) is 0 Å². The second-order valence-electron chi connectivity index (χ2n) is 2.69. The Morgan fingerprint density at radius 1 is 1.69 bits per heavy atom. The molecule has 0 aliphatic heterocycles. The van der Waals surface area contributed by atoms with Gasteiger partial charge < -0.3 is 10.1 Å². The van der Waals surface area contributed by atoms with Crippen molar-refractivity contribution < 1.29 is 9.53 Å². The van der Waals surface area contributed by atoms with Gasteiger partial charge in [0.05, 0.1) is 12.2 Å². The molecule has 0 spiro atoms. The third kappa shape index (κ3) is 3.16. The first-order valence-corrected chi connectivity index (χ1v) is 4.94. The van der Waals surface area contributed by atoms with Gasteiger partial charge in [-0.2, -0.15) is 0 Å². The van der Waals surface area contributed by atoms with E-state index in [2.05, 4.69) is 5.32 Å². The van der Waals surface area contributed by atoms with Gasteiger partial charge in [0.15, 0.2) is 0 Å². The van der Waals surface area contributed by atoms with Gasteiger partial charge >= 0.3 is 0 Å². The molecule has 1 aromatic heterocycles. The van der Waals surface area contributed by atoms with Crippen molar-refractivity contribution in [3.8, 4) is 0 Å². The van der Waals surface area contributed by atoms with Gasteiger partial charge in [-0.1, -0.05) is 0 Å². The molecule has 1 amide bonds. The molecule has 0 saturated heterocycles. The fraction of sp³-hybridized carbons (Fsp3) is 0.444. The number of carbonyl (C=O) groups is 1. The SMILES string of the molecule is COCCNC(=O)c1csc(C)c1. The highest BCUT2D eigenvalue weighted by Crippen LogP contribution is 2.12. The molecular formula is C9H13NO2S. The van der Waals surface area contributed by atoms with Gasteiger partial charge in [0.2, 0.25) is 0 Å². The molecule has 13 heavy (non-hydrogen) atoms. The molecule has 4 heteroatoms. The van der Waals surface area contributed by atoms with E-state index in [9.17, 15) is 4.79 Å². The monoisotopic (exact) mass is 199 g/mol. The Morgan fingerprint density at radius 3 is 3.00 bits per heavy atom. The number of hydrogen-bond donors (Lipinski definition) is 1. The van der Waals surface area contributed by atoms with E-state index in [4.69, 9.17) is 4.74 Å². The highest BCUT2D eigenvalue weighted by atomic mass is 32.1. The number of hydrogen-bond acceptors (Lipinski definition) is 3. The summed E-state index contributed by atoms with van der Waals surface area (Å²) in [7, 11) is 1.61. The maximum Gasteiger partial charge on any atom is 0.252 e. The van der Waals surface area contributed by atoms with E-state index in [1.54, 1.807) is 18.4 Å². The Morgan fingerprint density at radius 2 is 2.46 bits per heavy atom. The van der Waals surface area contributed by atoms with Crippen LogP contribution in [0.3, 0.4) is 0 Å². The lowest BCUT2D eigenvalue weighted by molar-refractivity contribution is 0.0937. The number of amides is 1. The summed E-state index contributed by atoms with van der Waals surface area (Å²) in [6.45, 7) is 3.09. The highest BCUT2D eigenvalue weighted by Gasteiger charge is 2.05. The number of rotatable bonds is 4. The Kier molecular flexibility index (Phi) is 3.92. The minimum atomic E-state index is -0.0265. The lowest BCUT2D eigenvalue weighted by Gasteiger charge is -2.01. The summed E-state index contributed by atoms with van der Waals surface area (Å²) >= 11 is 1.58.